The Hall–Kier alpha value is -2.42. The van der Waals surface area contributed by atoms with Crippen molar-refractivity contribution in [3.63, 3.8) is 0 Å². The Morgan fingerprint density at radius 2 is 1.45 bits per heavy atom. The van der Waals surface area contributed by atoms with E-state index in [2.05, 4.69) is 0 Å². The SMILES string of the molecule is CC(=O)CCCCOc1cc(C)c(OCCCCC(C)=O)c2c1SC(=C(C#N)C#N)S2. The third-order valence-corrected chi connectivity index (χ3v) is 7.12. The van der Waals surface area contributed by atoms with E-state index in [1.807, 2.05) is 25.1 Å². The molecule has 6 nitrogen and oxygen atoms in total. The highest BCUT2D eigenvalue weighted by Crippen LogP contribution is 2.59. The highest BCUT2D eigenvalue weighted by molar-refractivity contribution is 8.24. The summed E-state index contributed by atoms with van der Waals surface area (Å²) in [5.74, 6) is 1.76. The zero-order valence-electron chi connectivity index (χ0n) is 18.1. The largest absolute Gasteiger partial charge is 0.492 e. The molecule has 0 saturated heterocycles. The summed E-state index contributed by atoms with van der Waals surface area (Å²) < 4.78 is 12.7. The van der Waals surface area contributed by atoms with Gasteiger partial charge < -0.3 is 19.1 Å². The lowest BCUT2D eigenvalue weighted by Crippen LogP contribution is -2.04. The molecule has 1 aliphatic rings. The normalized spacial score (nSPS) is 12.0. The molecule has 0 aromatic heterocycles. The van der Waals surface area contributed by atoms with Crippen molar-refractivity contribution >= 4 is 35.1 Å². The van der Waals surface area contributed by atoms with E-state index in [9.17, 15) is 20.1 Å². The van der Waals surface area contributed by atoms with Crippen LogP contribution in [0.1, 0.15) is 57.9 Å². The van der Waals surface area contributed by atoms with Gasteiger partial charge in [-0.15, -0.1) is 0 Å². The molecule has 2 rings (SSSR count). The zero-order chi connectivity index (χ0) is 22.8. The van der Waals surface area contributed by atoms with E-state index in [-0.39, 0.29) is 17.1 Å². The first-order valence-electron chi connectivity index (χ1n) is 10.2. The number of rotatable bonds is 12. The van der Waals surface area contributed by atoms with Crippen molar-refractivity contribution in [1.29, 1.82) is 10.5 Å². The molecule has 0 N–H and O–H groups in total. The second-order valence-corrected chi connectivity index (χ2v) is 9.58. The number of unbranched alkanes of at least 4 members (excludes halogenated alkanes) is 2. The second kappa shape index (κ2) is 12.4. The Balaban J connectivity index is 2.19. The summed E-state index contributed by atoms with van der Waals surface area (Å²) in [7, 11) is 0. The highest BCUT2D eigenvalue weighted by Gasteiger charge is 2.30. The van der Waals surface area contributed by atoms with Crippen LogP contribution >= 0.6 is 23.5 Å². The number of hydrogen-bond acceptors (Lipinski definition) is 8. The number of ketones is 2. The standard InChI is InChI=1S/C23H26N2O4S2/c1-15-12-19(28-10-6-4-8-16(2)26)21-22(31-23(30-21)18(13-24)14-25)20(15)29-11-7-5-9-17(3)27/h12H,4-11H2,1-3H3. The number of aryl methyl sites for hydroxylation is 1. The van der Waals surface area contributed by atoms with Crippen molar-refractivity contribution in [1.82, 2.24) is 0 Å². The van der Waals surface area contributed by atoms with Crippen LogP contribution < -0.4 is 9.47 Å². The maximum atomic E-state index is 11.1. The van der Waals surface area contributed by atoms with Gasteiger partial charge in [-0.1, -0.05) is 23.5 Å². The van der Waals surface area contributed by atoms with Crippen LogP contribution in [0.25, 0.3) is 0 Å². The van der Waals surface area contributed by atoms with Gasteiger partial charge in [0.2, 0.25) is 0 Å². The number of fused-ring (bicyclic) bond motifs is 1. The van der Waals surface area contributed by atoms with Gasteiger partial charge in [0.05, 0.1) is 27.2 Å². The molecule has 0 spiro atoms. The maximum Gasteiger partial charge on any atom is 0.150 e. The van der Waals surface area contributed by atoms with E-state index >= 15 is 0 Å². The lowest BCUT2D eigenvalue weighted by Gasteiger charge is -2.16. The third kappa shape index (κ3) is 7.34. The van der Waals surface area contributed by atoms with Crippen molar-refractivity contribution in [2.75, 3.05) is 13.2 Å². The Bertz CT molecular complexity index is 942. The molecule has 164 valence electrons. The molecule has 0 unspecified atom stereocenters. The Morgan fingerprint density at radius 3 is 2.00 bits per heavy atom. The minimum atomic E-state index is 0.0728. The summed E-state index contributed by atoms with van der Waals surface area (Å²) in [4.78, 5) is 23.9. The van der Waals surface area contributed by atoms with Gasteiger partial charge in [-0.25, -0.2) is 0 Å². The molecule has 31 heavy (non-hydrogen) atoms. The molecule has 0 aliphatic carbocycles. The first-order valence-corrected chi connectivity index (χ1v) is 11.8. The van der Waals surface area contributed by atoms with Crippen LogP contribution in [-0.4, -0.2) is 24.8 Å². The minimum Gasteiger partial charge on any atom is -0.492 e. The van der Waals surface area contributed by atoms with Crippen LogP contribution in [0.2, 0.25) is 0 Å². The van der Waals surface area contributed by atoms with E-state index < -0.39 is 0 Å². The van der Waals surface area contributed by atoms with E-state index in [4.69, 9.17) is 9.47 Å². The molecular formula is C23H26N2O4S2. The van der Waals surface area contributed by atoms with Crippen LogP contribution in [0.4, 0.5) is 0 Å². The number of Topliss-reactive ketones (excluding diaryl/α,β-unsaturated/α-hetero) is 2. The summed E-state index contributed by atoms with van der Waals surface area (Å²) in [5, 5.41) is 18.5. The zero-order valence-corrected chi connectivity index (χ0v) is 19.7. The van der Waals surface area contributed by atoms with Crippen molar-refractivity contribution in [2.24, 2.45) is 0 Å². The number of hydrogen-bond donors (Lipinski definition) is 0. The Labute approximate surface area is 192 Å². The van der Waals surface area contributed by atoms with Crippen molar-refractivity contribution < 1.29 is 19.1 Å². The summed E-state index contributed by atoms with van der Waals surface area (Å²) in [6, 6.07) is 5.83. The molecule has 1 aromatic rings. The number of ether oxygens (including phenoxy) is 2. The molecule has 0 bridgehead atoms. The number of carbonyl (C=O) groups is 2. The van der Waals surface area contributed by atoms with Gasteiger partial charge in [-0.05, 0) is 58.1 Å². The summed E-state index contributed by atoms with van der Waals surface area (Å²) in [6.45, 7) is 6.08. The number of nitriles is 2. The number of thioether (sulfide) groups is 2. The lowest BCUT2D eigenvalue weighted by molar-refractivity contribution is -0.118. The fourth-order valence-corrected chi connectivity index (χ4v) is 5.51. The van der Waals surface area contributed by atoms with Crippen LogP contribution in [0.15, 0.2) is 25.7 Å². The molecule has 1 aliphatic heterocycles. The molecule has 0 saturated carbocycles. The molecular weight excluding hydrogens is 432 g/mol. The molecule has 1 aromatic carbocycles. The maximum absolute atomic E-state index is 11.1. The van der Waals surface area contributed by atoms with E-state index in [1.54, 1.807) is 13.8 Å². The number of nitrogens with zero attached hydrogens (tertiary/aromatic N) is 2. The summed E-state index contributed by atoms with van der Waals surface area (Å²) >= 11 is 2.71. The summed E-state index contributed by atoms with van der Waals surface area (Å²) in [5.41, 5.74) is 0.984. The molecule has 0 fully saturated rings. The predicted octanol–water partition coefficient (Wildman–Crippen LogP) is 5.73. The van der Waals surface area contributed by atoms with Gasteiger partial charge in [0.1, 0.15) is 40.8 Å². The molecule has 0 atom stereocenters. The van der Waals surface area contributed by atoms with Gasteiger partial charge in [0.25, 0.3) is 0 Å². The first kappa shape index (κ1) is 24.8. The molecule has 8 heteroatoms. The van der Waals surface area contributed by atoms with E-state index in [0.29, 0.717) is 36.0 Å². The quantitative estimate of drug-likeness (QED) is 0.289. The Kier molecular flexibility index (Phi) is 9.97. The average molecular weight is 459 g/mol. The number of allylic oxidation sites excluding steroid dienone is 1. The fraction of sp³-hybridized carbons (Fsp3) is 0.478. The van der Waals surface area contributed by atoms with Gasteiger partial charge >= 0.3 is 0 Å². The summed E-state index contributed by atoms with van der Waals surface area (Å²) in [6.07, 6.45) is 4.18. The third-order valence-electron chi connectivity index (χ3n) is 4.51. The van der Waals surface area contributed by atoms with Crippen molar-refractivity contribution in [2.45, 2.75) is 69.1 Å². The van der Waals surface area contributed by atoms with Crippen molar-refractivity contribution in [3.05, 3.63) is 21.4 Å². The monoisotopic (exact) mass is 458 g/mol. The highest BCUT2D eigenvalue weighted by atomic mass is 32.2. The molecule has 1 heterocycles. The van der Waals surface area contributed by atoms with Crippen LogP contribution in [0.5, 0.6) is 11.5 Å². The number of carbonyl (C=O) groups excluding carboxylic acids is 2. The van der Waals surface area contributed by atoms with Gasteiger partial charge in [0.15, 0.2) is 0 Å². The second-order valence-electron chi connectivity index (χ2n) is 7.28. The van der Waals surface area contributed by atoms with Gasteiger partial charge in [-0.3, -0.25) is 0 Å². The lowest BCUT2D eigenvalue weighted by atomic mass is 10.2. The van der Waals surface area contributed by atoms with E-state index in [1.165, 1.54) is 23.5 Å². The number of benzene rings is 1. The van der Waals surface area contributed by atoms with Crippen LogP contribution in [0, 0.1) is 29.6 Å². The van der Waals surface area contributed by atoms with Gasteiger partial charge in [-0.2, -0.15) is 10.5 Å². The predicted molar refractivity (Wildman–Crippen MR) is 121 cm³/mol. The smallest absolute Gasteiger partial charge is 0.150 e. The van der Waals surface area contributed by atoms with Crippen LogP contribution in [-0.2, 0) is 9.59 Å². The van der Waals surface area contributed by atoms with E-state index in [0.717, 1.165) is 46.8 Å². The topological polar surface area (TPSA) is 100 Å². The Morgan fingerprint density at radius 1 is 0.903 bits per heavy atom. The molecule has 0 radical (unpaired) electrons. The van der Waals surface area contributed by atoms with Gasteiger partial charge in [0, 0.05) is 12.8 Å². The molecule has 0 amide bonds. The fourth-order valence-electron chi connectivity index (χ4n) is 2.93. The van der Waals surface area contributed by atoms with Crippen molar-refractivity contribution in [3.8, 4) is 23.6 Å². The van der Waals surface area contributed by atoms with Crippen LogP contribution in [0.3, 0.4) is 0 Å². The minimum absolute atomic E-state index is 0.0728. The average Bonchev–Trinajstić information content (AvgIpc) is 3.15. The first-order chi connectivity index (χ1) is 14.9.